The lowest BCUT2D eigenvalue weighted by molar-refractivity contribution is -0.0566. The number of carbonyl (C=O) groups excluding carboxylic acids is 1. The molecule has 3 aromatic rings. The number of hydrogen-bond donors (Lipinski definition) is 2. The Balaban J connectivity index is 1.60. The molecule has 2 aromatic carbocycles. The molecule has 2 heterocycles. The van der Waals surface area contributed by atoms with Crippen LogP contribution in [0.15, 0.2) is 53.3 Å². The van der Waals surface area contributed by atoms with E-state index in [-0.39, 0.29) is 18.8 Å². The standard InChI is InChI=1S/C24H25N3O5/c1-24(2)23-26-19(20(28)22(30)27(23)12-13-32-24)21(29)25-14-16-6-4-5-7-18(16)15-8-10-17(31-3)11-9-15/h4-11,28H,12-14H2,1-3H3,(H,25,29). The number of amides is 1. The van der Waals surface area contributed by atoms with Crippen LogP contribution in [-0.4, -0.2) is 34.3 Å². The van der Waals surface area contributed by atoms with Gasteiger partial charge < -0.3 is 19.9 Å². The fourth-order valence-electron chi connectivity index (χ4n) is 3.81. The molecule has 0 fully saturated rings. The summed E-state index contributed by atoms with van der Waals surface area (Å²) in [5, 5.41) is 13.1. The van der Waals surface area contributed by atoms with Gasteiger partial charge in [-0.15, -0.1) is 0 Å². The molecule has 1 aromatic heterocycles. The van der Waals surface area contributed by atoms with Gasteiger partial charge >= 0.3 is 0 Å². The molecule has 8 nitrogen and oxygen atoms in total. The molecule has 0 atom stereocenters. The monoisotopic (exact) mass is 435 g/mol. The maximum Gasteiger partial charge on any atom is 0.296 e. The number of aromatic hydroxyl groups is 1. The zero-order valence-electron chi connectivity index (χ0n) is 18.2. The summed E-state index contributed by atoms with van der Waals surface area (Å²) in [6.07, 6.45) is 0. The first-order valence-corrected chi connectivity index (χ1v) is 10.3. The largest absolute Gasteiger partial charge is 0.501 e. The molecule has 4 rings (SSSR count). The molecular weight excluding hydrogens is 410 g/mol. The van der Waals surface area contributed by atoms with Crippen LogP contribution in [-0.2, 0) is 23.4 Å². The lowest BCUT2D eigenvalue weighted by atomic mass is 9.99. The van der Waals surface area contributed by atoms with Gasteiger partial charge in [0, 0.05) is 6.54 Å². The van der Waals surface area contributed by atoms with Crippen molar-refractivity contribution in [1.29, 1.82) is 0 Å². The van der Waals surface area contributed by atoms with E-state index in [4.69, 9.17) is 9.47 Å². The molecule has 0 aliphatic carbocycles. The highest BCUT2D eigenvalue weighted by atomic mass is 16.5. The van der Waals surface area contributed by atoms with Crippen LogP contribution in [0.2, 0.25) is 0 Å². The highest BCUT2D eigenvalue weighted by molar-refractivity contribution is 5.94. The third-order valence-corrected chi connectivity index (χ3v) is 5.53. The van der Waals surface area contributed by atoms with Crippen molar-refractivity contribution in [1.82, 2.24) is 14.9 Å². The number of carbonyl (C=O) groups is 1. The Morgan fingerprint density at radius 3 is 2.66 bits per heavy atom. The molecule has 0 bridgehead atoms. The summed E-state index contributed by atoms with van der Waals surface area (Å²) in [5.41, 5.74) is 1.01. The van der Waals surface area contributed by atoms with Crippen molar-refractivity contribution in [2.24, 2.45) is 0 Å². The van der Waals surface area contributed by atoms with E-state index in [2.05, 4.69) is 10.3 Å². The van der Waals surface area contributed by atoms with Gasteiger partial charge in [0.1, 0.15) is 17.2 Å². The average molecular weight is 435 g/mol. The fraction of sp³-hybridized carbons (Fsp3) is 0.292. The summed E-state index contributed by atoms with van der Waals surface area (Å²) in [6, 6.07) is 15.3. The molecule has 2 N–H and O–H groups in total. The van der Waals surface area contributed by atoms with Crippen molar-refractivity contribution in [2.45, 2.75) is 32.5 Å². The van der Waals surface area contributed by atoms with Crippen LogP contribution in [0.3, 0.4) is 0 Å². The molecule has 1 amide bonds. The van der Waals surface area contributed by atoms with E-state index in [1.54, 1.807) is 21.0 Å². The molecule has 0 saturated heterocycles. The lowest BCUT2D eigenvalue weighted by Gasteiger charge is -2.32. The molecular formula is C24H25N3O5. The minimum absolute atomic E-state index is 0.195. The first-order valence-electron chi connectivity index (χ1n) is 10.3. The number of nitrogens with one attached hydrogen (secondary N) is 1. The molecule has 0 unspecified atom stereocenters. The summed E-state index contributed by atoms with van der Waals surface area (Å²) in [7, 11) is 1.61. The molecule has 1 aliphatic heterocycles. The zero-order valence-corrected chi connectivity index (χ0v) is 18.2. The molecule has 0 saturated carbocycles. The number of hydrogen-bond acceptors (Lipinski definition) is 6. The molecule has 0 spiro atoms. The van der Waals surface area contributed by atoms with Crippen LogP contribution >= 0.6 is 0 Å². The summed E-state index contributed by atoms with van der Waals surface area (Å²) in [4.78, 5) is 29.8. The second-order valence-corrected chi connectivity index (χ2v) is 8.02. The molecule has 166 valence electrons. The minimum Gasteiger partial charge on any atom is -0.501 e. The highest BCUT2D eigenvalue weighted by Crippen LogP contribution is 2.28. The van der Waals surface area contributed by atoms with Gasteiger partial charge in [-0.05, 0) is 42.7 Å². The van der Waals surface area contributed by atoms with Crippen LogP contribution in [0.1, 0.15) is 35.7 Å². The lowest BCUT2D eigenvalue weighted by Crippen LogP contribution is -2.42. The number of nitrogens with zero attached hydrogens (tertiary/aromatic N) is 2. The van der Waals surface area contributed by atoms with Crippen LogP contribution in [0, 0.1) is 0 Å². The second-order valence-electron chi connectivity index (χ2n) is 8.02. The average Bonchev–Trinajstić information content (AvgIpc) is 2.80. The van der Waals surface area contributed by atoms with Crippen molar-refractivity contribution in [3.05, 3.63) is 76.0 Å². The Kier molecular flexibility index (Phi) is 5.71. The molecule has 32 heavy (non-hydrogen) atoms. The van der Waals surface area contributed by atoms with Gasteiger partial charge in [-0.3, -0.25) is 14.2 Å². The van der Waals surface area contributed by atoms with E-state index in [1.807, 2.05) is 48.5 Å². The smallest absolute Gasteiger partial charge is 0.296 e. The van der Waals surface area contributed by atoms with E-state index >= 15 is 0 Å². The number of ether oxygens (including phenoxy) is 2. The van der Waals surface area contributed by atoms with Crippen molar-refractivity contribution < 1.29 is 19.4 Å². The van der Waals surface area contributed by atoms with Gasteiger partial charge in [-0.1, -0.05) is 36.4 Å². The van der Waals surface area contributed by atoms with Crippen LogP contribution < -0.4 is 15.6 Å². The van der Waals surface area contributed by atoms with E-state index in [0.29, 0.717) is 12.4 Å². The van der Waals surface area contributed by atoms with Crippen LogP contribution in [0.5, 0.6) is 11.5 Å². The van der Waals surface area contributed by atoms with Gasteiger partial charge in [0.15, 0.2) is 5.69 Å². The van der Waals surface area contributed by atoms with Crippen LogP contribution in [0.25, 0.3) is 11.1 Å². The van der Waals surface area contributed by atoms with Crippen LogP contribution in [0.4, 0.5) is 0 Å². The van der Waals surface area contributed by atoms with Crippen molar-refractivity contribution in [3.8, 4) is 22.6 Å². The predicted molar refractivity (Wildman–Crippen MR) is 119 cm³/mol. The van der Waals surface area contributed by atoms with E-state index in [0.717, 1.165) is 22.4 Å². The Hall–Kier alpha value is -3.65. The number of aromatic nitrogens is 2. The summed E-state index contributed by atoms with van der Waals surface area (Å²) in [5.74, 6) is -0.219. The fourth-order valence-corrected chi connectivity index (χ4v) is 3.81. The van der Waals surface area contributed by atoms with E-state index in [1.165, 1.54) is 4.57 Å². The normalized spacial score (nSPS) is 14.5. The number of fused-ring (bicyclic) bond motifs is 1. The van der Waals surface area contributed by atoms with Crippen molar-refractivity contribution in [3.63, 3.8) is 0 Å². The number of rotatable bonds is 5. The van der Waals surface area contributed by atoms with Gasteiger partial charge in [-0.2, -0.15) is 0 Å². The van der Waals surface area contributed by atoms with Crippen molar-refractivity contribution in [2.75, 3.05) is 13.7 Å². The maximum atomic E-state index is 12.9. The SMILES string of the molecule is COc1ccc(-c2ccccc2CNC(=O)c2nc3n(c(=O)c2O)CCOC3(C)C)cc1. The van der Waals surface area contributed by atoms with Gasteiger partial charge in [0.25, 0.3) is 11.5 Å². The maximum absolute atomic E-state index is 12.9. The third-order valence-electron chi connectivity index (χ3n) is 5.53. The Morgan fingerprint density at radius 2 is 1.94 bits per heavy atom. The minimum atomic E-state index is -0.846. The first kappa shape index (κ1) is 21.6. The van der Waals surface area contributed by atoms with Crippen molar-refractivity contribution >= 4 is 5.91 Å². The first-order chi connectivity index (χ1) is 15.3. The third kappa shape index (κ3) is 3.97. The summed E-state index contributed by atoms with van der Waals surface area (Å²) >= 11 is 0. The Morgan fingerprint density at radius 1 is 1.22 bits per heavy atom. The summed E-state index contributed by atoms with van der Waals surface area (Å²) < 4.78 is 12.3. The zero-order chi connectivity index (χ0) is 22.9. The topological polar surface area (TPSA) is 103 Å². The number of methoxy groups -OCH3 is 1. The highest BCUT2D eigenvalue weighted by Gasteiger charge is 2.34. The number of benzene rings is 2. The Labute approximate surface area is 185 Å². The molecule has 8 heteroatoms. The van der Waals surface area contributed by atoms with Gasteiger partial charge in [0.05, 0.1) is 20.3 Å². The Bertz CT molecular complexity index is 1220. The summed E-state index contributed by atoms with van der Waals surface area (Å²) in [6.45, 7) is 4.34. The van der Waals surface area contributed by atoms with E-state index in [9.17, 15) is 14.7 Å². The molecule has 1 aliphatic rings. The second kappa shape index (κ2) is 8.47. The van der Waals surface area contributed by atoms with E-state index < -0.39 is 22.8 Å². The quantitative estimate of drug-likeness (QED) is 0.639. The van der Waals surface area contributed by atoms with Gasteiger partial charge in [-0.25, -0.2) is 4.98 Å². The predicted octanol–water partition coefficient (Wildman–Crippen LogP) is 2.82. The molecule has 0 radical (unpaired) electrons. The van der Waals surface area contributed by atoms with Gasteiger partial charge in [0.2, 0.25) is 5.75 Å².